The molecule has 0 bridgehead atoms. The lowest BCUT2D eigenvalue weighted by atomic mass is 10.2. The van der Waals surface area contributed by atoms with Crippen LogP contribution in [-0.2, 0) is 6.54 Å². The van der Waals surface area contributed by atoms with E-state index in [2.05, 4.69) is 54.1 Å². The minimum Gasteiger partial charge on any atom is -0.495 e. The van der Waals surface area contributed by atoms with Gasteiger partial charge in [0.15, 0.2) is 0 Å². The van der Waals surface area contributed by atoms with Crippen LogP contribution in [0.1, 0.15) is 24.4 Å². The summed E-state index contributed by atoms with van der Waals surface area (Å²) in [6.07, 6.45) is 3.58. The van der Waals surface area contributed by atoms with Crippen molar-refractivity contribution in [3.8, 4) is 5.75 Å². The van der Waals surface area contributed by atoms with Crippen LogP contribution in [0.2, 0.25) is 0 Å². The highest BCUT2D eigenvalue weighted by molar-refractivity contribution is 9.11. The largest absolute Gasteiger partial charge is 0.495 e. The number of hydrogen-bond acceptors (Lipinski definition) is 3. The number of benzene rings is 1. The molecule has 0 spiro atoms. The fourth-order valence-electron chi connectivity index (χ4n) is 1.85. The van der Waals surface area contributed by atoms with E-state index in [4.69, 9.17) is 4.74 Å². The second-order valence-electron chi connectivity index (χ2n) is 4.16. The van der Waals surface area contributed by atoms with Gasteiger partial charge in [0, 0.05) is 29.0 Å². The molecule has 0 saturated carbocycles. The summed E-state index contributed by atoms with van der Waals surface area (Å²) in [7, 11) is 1.67. The molecule has 2 rings (SSSR count). The molecule has 19 heavy (non-hydrogen) atoms. The fourth-order valence-corrected chi connectivity index (χ4v) is 3.32. The lowest BCUT2D eigenvalue weighted by Gasteiger charge is -2.15. The molecule has 0 radical (unpaired) electrons. The summed E-state index contributed by atoms with van der Waals surface area (Å²) < 4.78 is 7.38. The molecule has 0 saturated heterocycles. The number of H-pyrrole nitrogens is 1. The van der Waals surface area contributed by atoms with Crippen LogP contribution in [0.25, 0.3) is 0 Å². The third-order valence-corrected chi connectivity index (χ3v) is 3.86. The van der Waals surface area contributed by atoms with Crippen LogP contribution in [0, 0.1) is 0 Å². The van der Waals surface area contributed by atoms with Gasteiger partial charge in [-0.25, -0.2) is 4.98 Å². The zero-order valence-electron chi connectivity index (χ0n) is 10.7. The van der Waals surface area contributed by atoms with E-state index in [0.29, 0.717) is 6.54 Å². The number of rotatable bonds is 5. The number of nitrogens with zero attached hydrogens (tertiary/aromatic N) is 1. The molecule has 1 unspecified atom stereocenters. The molecule has 1 aromatic heterocycles. The fraction of sp³-hybridized carbons (Fsp3) is 0.308. The molecule has 2 N–H and O–H groups in total. The van der Waals surface area contributed by atoms with Crippen LogP contribution >= 0.6 is 31.9 Å². The van der Waals surface area contributed by atoms with E-state index >= 15 is 0 Å². The maximum atomic E-state index is 5.42. The van der Waals surface area contributed by atoms with E-state index in [1.807, 2.05) is 18.3 Å². The average molecular weight is 389 g/mol. The van der Waals surface area contributed by atoms with Gasteiger partial charge in [0.2, 0.25) is 0 Å². The Bertz CT molecular complexity index is 543. The van der Waals surface area contributed by atoms with E-state index in [-0.39, 0.29) is 6.04 Å². The zero-order chi connectivity index (χ0) is 13.8. The summed E-state index contributed by atoms with van der Waals surface area (Å²) >= 11 is 6.99. The molecule has 0 fully saturated rings. The van der Waals surface area contributed by atoms with Gasteiger partial charge in [-0.05, 0) is 35.0 Å². The van der Waals surface area contributed by atoms with Gasteiger partial charge < -0.3 is 15.0 Å². The predicted molar refractivity (Wildman–Crippen MR) is 82.2 cm³/mol. The van der Waals surface area contributed by atoms with Gasteiger partial charge in [0.05, 0.1) is 17.6 Å². The van der Waals surface area contributed by atoms with E-state index in [1.165, 1.54) is 0 Å². The number of ether oxygens (including phenoxy) is 1. The number of hydrogen-bond donors (Lipinski definition) is 2. The van der Waals surface area contributed by atoms with Gasteiger partial charge in [-0.1, -0.05) is 15.9 Å². The lowest BCUT2D eigenvalue weighted by Crippen LogP contribution is -2.19. The standard InChI is InChI=1S/C13H15Br2N3O/c1-8(13-16-3-4-17-13)18-7-9-5-10(14)6-11(15)12(9)19-2/h3-6,8,18H,7H2,1-2H3,(H,16,17). The van der Waals surface area contributed by atoms with Crippen molar-refractivity contribution in [2.24, 2.45) is 0 Å². The summed E-state index contributed by atoms with van der Waals surface area (Å²) in [5.41, 5.74) is 1.09. The van der Waals surface area contributed by atoms with Crippen molar-refractivity contribution < 1.29 is 4.74 Å². The van der Waals surface area contributed by atoms with Crippen molar-refractivity contribution in [3.05, 3.63) is 44.9 Å². The van der Waals surface area contributed by atoms with Gasteiger partial charge >= 0.3 is 0 Å². The maximum absolute atomic E-state index is 5.42. The summed E-state index contributed by atoms with van der Waals surface area (Å²) in [4.78, 5) is 7.34. The number of aromatic amines is 1. The second-order valence-corrected chi connectivity index (χ2v) is 5.93. The SMILES string of the molecule is COc1c(Br)cc(Br)cc1CNC(C)c1ncc[nH]1. The third kappa shape index (κ3) is 3.58. The van der Waals surface area contributed by atoms with Crippen LogP contribution in [0.5, 0.6) is 5.75 Å². The van der Waals surface area contributed by atoms with E-state index in [9.17, 15) is 0 Å². The zero-order valence-corrected chi connectivity index (χ0v) is 13.9. The van der Waals surface area contributed by atoms with E-state index < -0.39 is 0 Å². The molecule has 0 amide bonds. The first-order valence-electron chi connectivity index (χ1n) is 5.86. The number of imidazole rings is 1. The summed E-state index contributed by atoms with van der Waals surface area (Å²) in [5.74, 6) is 1.77. The number of aromatic nitrogens is 2. The predicted octanol–water partition coefficient (Wildman–Crippen LogP) is 3.79. The Morgan fingerprint density at radius 3 is 2.84 bits per heavy atom. The third-order valence-electron chi connectivity index (χ3n) is 2.82. The van der Waals surface area contributed by atoms with Crippen LogP contribution in [-0.4, -0.2) is 17.1 Å². The number of nitrogens with one attached hydrogen (secondary N) is 2. The van der Waals surface area contributed by atoms with Crippen LogP contribution in [0.3, 0.4) is 0 Å². The quantitative estimate of drug-likeness (QED) is 0.819. The highest BCUT2D eigenvalue weighted by Gasteiger charge is 2.12. The summed E-state index contributed by atoms with van der Waals surface area (Å²) in [5, 5.41) is 3.42. The van der Waals surface area contributed by atoms with Gasteiger partial charge in [0.1, 0.15) is 11.6 Å². The Balaban J connectivity index is 2.11. The molecular formula is C13H15Br2N3O. The first-order chi connectivity index (χ1) is 9.11. The highest BCUT2D eigenvalue weighted by atomic mass is 79.9. The van der Waals surface area contributed by atoms with E-state index in [1.54, 1.807) is 13.3 Å². The second kappa shape index (κ2) is 6.54. The molecule has 0 aliphatic rings. The van der Waals surface area contributed by atoms with Crippen LogP contribution < -0.4 is 10.1 Å². The Labute approximate surface area is 129 Å². The van der Waals surface area contributed by atoms with Crippen LogP contribution in [0.15, 0.2) is 33.5 Å². The van der Waals surface area contributed by atoms with Gasteiger partial charge in [-0.15, -0.1) is 0 Å². The Morgan fingerprint density at radius 2 is 2.21 bits per heavy atom. The minimum absolute atomic E-state index is 0.150. The van der Waals surface area contributed by atoms with Crippen molar-refractivity contribution in [3.63, 3.8) is 0 Å². The van der Waals surface area contributed by atoms with Crippen molar-refractivity contribution >= 4 is 31.9 Å². The van der Waals surface area contributed by atoms with Gasteiger partial charge in [-0.3, -0.25) is 0 Å². The first kappa shape index (κ1) is 14.6. The van der Waals surface area contributed by atoms with E-state index in [0.717, 1.165) is 26.1 Å². The lowest BCUT2D eigenvalue weighted by molar-refractivity contribution is 0.403. The Morgan fingerprint density at radius 1 is 1.42 bits per heavy atom. The summed E-state index contributed by atoms with van der Waals surface area (Å²) in [6, 6.07) is 4.17. The van der Waals surface area contributed by atoms with Crippen molar-refractivity contribution in [2.45, 2.75) is 19.5 Å². The molecule has 2 aromatic rings. The maximum Gasteiger partial charge on any atom is 0.137 e. The molecular weight excluding hydrogens is 374 g/mol. The Hall–Kier alpha value is -0.850. The van der Waals surface area contributed by atoms with Gasteiger partial charge in [-0.2, -0.15) is 0 Å². The Kier molecular flexibility index (Phi) is 5.01. The monoisotopic (exact) mass is 387 g/mol. The molecule has 0 aliphatic carbocycles. The molecule has 0 aliphatic heterocycles. The van der Waals surface area contributed by atoms with Gasteiger partial charge in [0.25, 0.3) is 0 Å². The molecule has 1 aromatic carbocycles. The molecule has 102 valence electrons. The van der Waals surface area contributed by atoms with Crippen LogP contribution in [0.4, 0.5) is 0 Å². The van der Waals surface area contributed by atoms with Crippen molar-refractivity contribution in [1.82, 2.24) is 15.3 Å². The smallest absolute Gasteiger partial charge is 0.137 e. The number of halogens is 2. The molecule has 1 atom stereocenters. The highest BCUT2D eigenvalue weighted by Crippen LogP contribution is 2.32. The average Bonchev–Trinajstić information content (AvgIpc) is 2.89. The topological polar surface area (TPSA) is 49.9 Å². The first-order valence-corrected chi connectivity index (χ1v) is 7.45. The van der Waals surface area contributed by atoms with Crippen molar-refractivity contribution in [1.29, 1.82) is 0 Å². The molecule has 6 heteroatoms. The molecule has 1 heterocycles. The minimum atomic E-state index is 0.150. The normalized spacial score (nSPS) is 12.4. The van der Waals surface area contributed by atoms with Crippen molar-refractivity contribution in [2.75, 3.05) is 7.11 Å². The number of methoxy groups -OCH3 is 1. The summed E-state index contributed by atoms with van der Waals surface area (Å²) in [6.45, 7) is 2.77. The molecule has 4 nitrogen and oxygen atoms in total.